The van der Waals surface area contributed by atoms with Crippen LogP contribution in [0.4, 0.5) is 0 Å². The molecule has 0 amide bonds. The first-order chi connectivity index (χ1) is 10.6. The minimum Gasteiger partial charge on any atom is -0.504 e. The van der Waals surface area contributed by atoms with E-state index in [9.17, 15) is 9.90 Å². The SMILES string of the molecule is CCCOc1ccc(CC(Cl)C(=O)c2ccccc2)cc1O. The molecule has 0 aliphatic heterocycles. The summed E-state index contributed by atoms with van der Waals surface area (Å²) in [4.78, 5) is 12.2. The monoisotopic (exact) mass is 318 g/mol. The zero-order valence-corrected chi connectivity index (χ0v) is 13.2. The maximum Gasteiger partial charge on any atom is 0.180 e. The van der Waals surface area contributed by atoms with Crippen molar-refractivity contribution < 1.29 is 14.6 Å². The second kappa shape index (κ2) is 7.85. The number of ketones is 1. The van der Waals surface area contributed by atoms with Gasteiger partial charge in [0.2, 0.25) is 0 Å². The Kier molecular flexibility index (Phi) is 5.84. The van der Waals surface area contributed by atoms with Crippen molar-refractivity contribution in [1.82, 2.24) is 0 Å². The van der Waals surface area contributed by atoms with Crippen molar-refractivity contribution in [3.05, 3.63) is 59.7 Å². The smallest absolute Gasteiger partial charge is 0.180 e. The second-order valence-electron chi connectivity index (χ2n) is 5.05. The lowest BCUT2D eigenvalue weighted by Gasteiger charge is -2.11. The molecule has 1 unspecified atom stereocenters. The van der Waals surface area contributed by atoms with Gasteiger partial charge in [-0.05, 0) is 30.5 Å². The summed E-state index contributed by atoms with van der Waals surface area (Å²) in [5.41, 5.74) is 1.39. The number of benzene rings is 2. The molecule has 1 atom stereocenters. The molecule has 0 aliphatic rings. The number of hydrogen-bond donors (Lipinski definition) is 1. The molecule has 0 fully saturated rings. The first-order valence-corrected chi connectivity index (χ1v) is 7.73. The number of Topliss-reactive ketones (excluding diaryl/α,β-unsaturated/α-hetero) is 1. The lowest BCUT2D eigenvalue weighted by molar-refractivity contribution is 0.0986. The number of hydrogen-bond acceptors (Lipinski definition) is 3. The third-order valence-corrected chi connectivity index (χ3v) is 3.60. The maximum absolute atomic E-state index is 12.2. The van der Waals surface area contributed by atoms with Crippen LogP contribution in [0.2, 0.25) is 0 Å². The summed E-state index contributed by atoms with van der Waals surface area (Å²) in [6, 6.07) is 14.1. The summed E-state index contributed by atoms with van der Waals surface area (Å²) in [5.74, 6) is 0.404. The van der Waals surface area contributed by atoms with Crippen molar-refractivity contribution in [2.75, 3.05) is 6.61 Å². The van der Waals surface area contributed by atoms with E-state index < -0.39 is 5.38 Å². The lowest BCUT2D eigenvalue weighted by Crippen LogP contribution is -2.17. The van der Waals surface area contributed by atoms with Gasteiger partial charge in [0.05, 0.1) is 6.61 Å². The molecule has 0 bridgehead atoms. The highest BCUT2D eigenvalue weighted by atomic mass is 35.5. The number of alkyl halides is 1. The van der Waals surface area contributed by atoms with Crippen LogP contribution in [0.15, 0.2) is 48.5 Å². The van der Waals surface area contributed by atoms with Crippen molar-refractivity contribution in [2.24, 2.45) is 0 Å². The topological polar surface area (TPSA) is 46.5 Å². The first-order valence-electron chi connectivity index (χ1n) is 7.30. The van der Waals surface area contributed by atoms with Gasteiger partial charge >= 0.3 is 0 Å². The van der Waals surface area contributed by atoms with E-state index in [0.29, 0.717) is 24.3 Å². The molecule has 0 spiro atoms. The van der Waals surface area contributed by atoms with Crippen molar-refractivity contribution in [3.8, 4) is 11.5 Å². The maximum atomic E-state index is 12.2. The van der Waals surface area contributed by atoms with Crippen LogP contribution in [0.3, 0.4) is 0 Å². The molecule has 116 valence electrons. The molecule has 1 N–H and O–H groups in total. The van der Waals surface area contributed by atoms with E-state index >= 15 is 0 Å². The highest BCUT2D eigenvalue weighted by molar-refractivity contribution is 6.34. The molecule has 2 aromatic rings. The van der Waals surface area contributed by atoms with Crippen molar-refractivity contribution >= 4 is 17.4 Å². The largest absolute Gasteiger partial charge is 0.504 e. The van der Waals surface area contributed by atoms with Crippen molar-refractivity contribution in [1.29, 1.82) is 0 Å². The van der Waals surface area contributed by atoms with Gasteiger partial charge < -0.3 is 9.84 Å². The Bertz CT molecular complexity index is 625. The standard InChI is InChI=1S/C18H19ClO3/c1-2-10-22-17-9-8-13(12-16(17)20)11-15(19)18(21)14-6-4-3-5-7-14/h3-9,12,15,20H,2,10-11H2,1H3. The molecule has 0 saturated carbocycles. The van der Waals surface area contributed by atoms with Gasteiger partial charge in [-0.2, -0.15) is 0 Å². The van der Waals surface area contributed by atoms with Crippen LogP contribution in [0.1, 0.15) is 29.3 Å². The van der Waals surface area contributed by atoms with Gasteiger partial charge in [-0.15, -0.1) is 11.6 Å². The van der Waals surface area contributed by atoms with Crippen molar-refractivity contribution in [3.63, 3.8) is 0 Å². The van der Waals surface area contributed by atoms with Crippen LogP contribution in [0.25, 0.3) is 0 Å². The fourth-order valence-corrected chi connectivity index (χ4v) is 2.41. The molecule has 4 heteroatoms. The zero-order chi connectivity index (χ0) is 15.9. The molecule has 3 nitrogen and oxygen atoms in total. The van der Waals surface area contributed by atoms with E-state index in [1.807, 2.05) is 31.2 Å². The Hall–Kier alpha value is -2.00. The highest BCUT2D eigenvalue weighted by Gasteiger charge is 2.18. The van der Waals surface area contributed by atoms with Gasteiger partial charge in [0, 0.05) is 5.56 Å². The van der Waals surface area contributed by atoms with Crippen LogP contribution < -0.4 is 4.74 Å². The molecule has 2 aromatic carbocycles. The molecule has 22 heavy (non-hydrogen) atoms. The van der Waals surface area contributed by atoms with Crippen LogP contribution in [0.5, 0.6) is 11.5 Å². The van der Waals surface area contributed by atoms with E-state index in [4.69, 9.17) is 16.3 Å². The number of halogens is 1. The average molecular weight is 319 g/mol. The lowest BCUT2D eigenvalue weighted by atomic mass is 10.0. The Morgan fingerprint density at radius 2 is 1.95 bits per heavy atom. The molecule has 0 radical (unpaired) electrons. The molecule has 0 aromatic heterocycles. The Morgan fingerprint density at radius 1 is 1.23 bits per heavy atom. The van der Waals surface area contributed by atoms with Crippen LogP contribution in [-0.4, -0.2) is 22.9 Å². The Balaban J connectivity index is 2.04. The summed E-state index contributed by atoms with van der Waals surface area (Å²) >= 11 is 6.21. The van der Waals surface area contributed by atoms with E-state index in [1.165, 1.54) is 0 Å². The van der Waals surface area contributed by atoms with Crippen LogP contribution >= 0.6 is 11.6 Å². The van der Waals surface area contributed by atoms with Gasteiger partial charge in [-0.25, -0.2) is 0 Å². The summed E-state index contributed by atoms with van der Waals surface area (Å²) in [7, 11) is 0. The van der Waals surface area contributed by atoms with Gasteiger partial charge in [0.1, 0.15) is 5.38 Å². The quantitative estimate of drug-likeness (QED) is 0.614. The third-order valence-electron chi connectivity index (χ3n) is 3.24. The molecule has 0 aliphatic carbocycles. The third kappa shape index (κ3) is 4.25. The molecular weight excluding hydrogens is 300 g/mol. The van der Waals surface area contributed by atoms with Gasteiger partial charge in [0.15, 0.2) is 17.3 Å². The fraction of sp³-hybridized carbons (Fsp3) is 0.278. The van der Waals surface area contributed by atoms with Gasteiger partial charge in [-0.1, -0.05) is 43.3 Å². The summed E-state index contributed by atoms with van der Waals surface area (Å²) < 4.78 is 5.41. The number of aromatic hydroxyl groups is 1. The summed E-state index contributed by atoms with van der Waals surface area (Å²) in [6.45, 7) is 2.55. The molecule has 2 rings (SSSR count). The predicted octanol–water partition coefficient (Wildman–Crippen LogP) is 4.21. The number of ether oxygens (including phenoxy) is 1. The minimum absolute atomic E-state index is 0.0713. The summed E-state index contributed by atoms with van der Waals surface area (Å²) in [5, 5.41) is 9.27. The van der Waals surface area contributed by atoms with E-state index in [2.05, 4.69) is 0 Å². The molecule has 0 heterocycles. The predicted molar refractivity (Wildman–Crippen MR) is 88.0 cm³/mol. The number of rotatable bonds is 7. The molecular formula is C18H19ClO3. The van der Waals surface area contributed by atoms with Gasteiger partial charge in [0.25, 0.3) is 0 Å². The van der Waals surface area contributed by atoms with Crippen molar-refractivity contribution in [2.45, 2.75) is 25.1 Å². The number of carbonyl (C=O) groups is 1. The average Bonchev–Trinajstić information content (AvgIpc) is 2.54. The fourth-order valence-electron chi connectivity index (χ4n) is 2.11. The normalized spacial score (nSPS) is 11.9. The van der Waals surface area contributed by atoms with E-state index in [1.54, 1.807) is 24.3 Å². The first kappa shape index (κ1) is 16.4. The minimum atomic E-state index is -0.663. The Labute approximate surface area is 135 Å². The second-order valence-corrected chi connectivity index (χ2v) is 5.58. The van der Waals surface area contributed by atoms with Crippen LogP contribution in [-0.2, 0) is 6.42 Å². The number of phenolic OH excluding ortho intramolecular Hbond substituents is 1. The van der Waals surface area contributed by atoms with Crippen LogP contribution in [0, 0.1) is 0 Å². The van der Waals surface area contributed by atoms with E-state index in [-0.39, 0.29) is 11.5 Å². The summed E-state index contributed by atoms with van der Waals surface area (Å²) in [6.07, 6.45) is 1.23. The van der Waals surface area contributed by atoms with Gasteiger partial charge in [-0.3, -0.25) is 4.79 Å². The number of carbonyl (C=O) groups excluding carboxylic acids is 1. The zero-order valence-electron chi connectivity index (χ0n) is 12.5. The molecule has 0 saturated heterocycles. The van der Waals surface area contributed by atoms with E-state index in [0.717, 1.165) is 12.0 Å². The highest BCUT2D eigenvalue weighted by Crippen LogP contribution is 2.28. The number of phenols is 1. The Morgan fingerprint density at radius 3 is 2.59 bits per heavy atom.